The molecule has 0 bridgehead atoms. The fraction of sp³-hybridized carbons (Fsp3) is 0.0667. The van der Waals surface area contributed by atoms with Crippen molar-refractivity contribution in [1.82, 2.24) is 0 Å². The fourth-order valence-electron chi connectivity index (χ4n) is 2.03. The molecule has 2 aromatic rings. The Morgan fingerprint density at radius 1 is 1.10 bits per heavy atom. The molecule has 0 aliphatic carbocycles. The lowest BCUT2D eigenvalue weighted by Gasteiger charge is -2.11. The number of halogens is 3. The SMILES string of the molecule is O=C(CS(=O)(=O)O)Oc1cccc(C(=O)Oc2c(I)cc(I)cc2I)c1[N+](=O)[O-]. The van der Waals surface area contributed by atoms with Gasteiger partial charge in [0.25, 0.3) is 10.1 Å². The standard InChI is InChI=1S/C15H8I3NO9S/c16-7-4-9(17)14(10(18)5-7)28-15(21)8-2-1-3-11(13(8)19(22)23)27-12(20)6-29(24,25)26/h1-5H,6H2,(H,24,25,26). The first-order chi connectivity index (χ1) is 13.4. The Bertz CT molecular complexity index is 1100. The van der Waals surface area contributed by atoms with Gasteiger partial charge in [0, 0.05) is 3.57 Å². The van der Waals surface area contributed by atoms with Gasteiger partial charge >= 0.3 is 17.6 Å². The van der Waals surface area contributed by atoms with Crippen LogP contribution < -0.4 is 9.47 Å². The summed E-state index contributed by atoms with van der Waals surface area (Å²) in [6, 6.07) is 6.80. The van der Waals surface area contributed by atoms with Crippen LogP contribution in [0.2, 0.25) is 0 Å². The van der Waals surface area contributed by atoms with Crippen molar-refractivity contribution in [3.63, 3.8) is 0 Å². The molecule has 0 atom stereocenters. The molecule has 0 aromatic heterocycles. The third kappa shape index (κ3) is 6.69. The molecule has 0 heterocycles. The minimum atomic E-state index is -4.70. The monoisotopic (exact) mass is 759 g/mol. The molecule has 2 aromatic carbocycles. The van der Waals surface area contributed by atoms with Gasteiger partial charge in [-0.25, -0.2) is 4.79 Å². The average Bonchev–Trinajstić information content (AvgIpc) is 2.55. The Morgan fingerprint density at radius 2 is 1.69 bits per heavy atom. The van der Waals surface area contributed by atoms with E-state index in [2.05, 4.69) is 27.3 Å². The van der Waals surface area contributed by atoms with E-state index in [0.717, 1.165) is 15.7 Å². The van der Waals surface area contributed by atoms with Gasteiger partial charge in [0.15, 0.2) is 11.5 Å². The second-order valence-corrected chi connectivity index (χ2v) is 10.2. The van der Waals surface area contributed by atoms with Crippen LogP contribution in [0.15, 0.2) is 30.3 Å². The van der Waals surface area contributed by atoms with Crippen LogP contribution in [0.4, 0.5) is 5.69 Å². The van der Waals surface area contributed by atoms with E-state index < -0.39 is 49.7 Å². The lowest BCUT2D eigenvalue weighted by molar-refractivity contribution is -0.386. The number of carbonyl (C=O) groups is 2. The highest BCUT2D eigenvalue weighted by Crippen LogP contribution is 2.34. The van der Waals surface area contributed by atoms with Gasteiger partial charge < -0.3 is 9.47 Å². The van der Waals surface area contributed by atoms with Crippen molar-refractivity contribution < 1.29 is 37.0 Å². The van der Waals surface area contributed by atoms with Crippen LogP contribution in [-0.2, 0) is 14.9 Å². The molecule has 10 nitrogen and oxygen atoms in total. The minimum absolute atomic E-state index is 0.208. The van der Waals surface area contributed by atoms with Crippen LogP contribution >= 0.6 is 67.8 Å². The smallest absolute Gasteiger partial charge is 0.350 e. The zero-order chi connectivity index (χ0) is 21.9. The van der Waals surface area contributed by atoms with Crippen LogP contribution in [0.25, 0.3) is 0 Å². The molecule has 0 aliphatic rings. The second-order valence-electron chi connectivity index (χ2n) is 5.20. The lowest BCUT2D eigenvalue weighted by Crippen LogP contribution is -2.21. The normalized spacial score (nSPS) is 11.0. The van der Waals surface area contributed by atoms with Gasteiger partial charge in [-0.15, -0.1) is 0 Å². The van der Waals surface area contributed by atoms with E-state index in [-0.39, 0.29) is 5.75 Å². The van der Waals surface area contributed by atoms with Crippen molar-refractivity contribution in [2.45, 2.75) is 0 Å². The molecule has 0 amide bonds. The summed E-state index contributed by atoms with van der Waals surface area (Å²) in [5, 5.41) is 11.5. The van der Waals surface area contributed by atoms with Crippen LogP contribution in [0.3, 0.4) is 0 Å². The first-order valence-corrected chi connectivity index (χ1v) is 12.0. The molecule has 154 valence electrons. The molecule has 1 N–H and O–H groups in total. The number of ether oxygens (including phenoxy) is 2. The highest BCUT2D eigenvalue weighted by atomic mass is 127. The first kappa shape index (κ1) is 24.2. The average molecular weight is 759 g/mol. The summed E-state index contributed by atoms with van der Waals surface area (Å²) >= 11 is 5.98. The van der Waals surface area contributed by atoms with E-state index in [1.807, 2.05) is 45.2 Å². The zero-order valence-corrected chi connectivity index (χ0v) is 21.1. The topological polar surface area (TPSA) is 150 Å². The number of hydrogen-bond acceptors (Lipinski definition) is 8. The molecule has 0 fully saturated rings. The Labute approximate surface area is 204 Å². The summed E-state index contributed by atoms with van der Waals surface area (Å²) in [6.07, 6.45) is 0. The van der Waals surface area contributed by atoms with Crippen LogP contribution in [0, 0.1) is 20.8 Å². The number of rotatable bonds is 6. The van der Waals surface area contributed by atoms with E-state index >= 15 is 0 Å². The molecular formula is C15H8I3NO9S. The van der Waals surface area contributed by atoms with Crippen molar-refractivity contribution in [3.8, 4) is 11.5 Å². The van der Waals surface area contributed by atoms with E-state index in [1.54, 1.807) is 12.1 Å². The van der Waals surface area contributed by atoms with Crippen molar-refractivity contribution >= 4 is 95.5 Å². The maximum atomic E-state index is 12.6. The number of nitro benzene ring substituents is 1. The van der Waals surface area contributed by atoms with Crippen molar-refractivity contribution in [2.24, 2.45) is 0 Å². The summed E-state index contributed by atoms with van der Waals surface area (Å²) in [5.41, 5.74) is -1.38. The van der Waals surface area contributed by atoms with Crippen LogP contribution in [0.5, 0.6) is 11.5 Å². The number of para-hydroxylation sites is 1. The Kier molecular flexibility index (Phi) is 8.15. The van der Waals surface area contributed by atoms with E-state index in [4.69, 9.17) is 9.29 Å². The van der Waals surface area contributed by atoms with Crippen LogP contribution in [0.1, 0.15) is 10.4 Å². The highest BCUT2D eigenvalue weighted by molar-refractivity contribution is 14.1. The number of nitro groups is 1. The molecule has 14 heteroatoms. The number of benzene rings is 2. The maximum Gasteiger partial charge on any atom is 0.350 e. The molecular weight excluding hydrogens is 751 g/mol. The number of nitrogens with zero attached hydrogens (tertiary/aromatic N) is 1. The van der Waals surface area contributed by atoms with Gasteiger partial charge in [0.2, 0.25) is 5.75 Å². The molecule has 0 saturated carbocycles. The zero-order valence-electron chi connectivity index (χ0n) is 13.8. The predicted octanol–water partition coefficient (Wildman–Crippen LogP) is 3.42. The van der Waals surface area contributed by atoms with Gasteiger partial charge in [-0.3, -0.25) is 19.5 Å². The van der Waals surface area contributed by atoms with E-state index in [9.17, 15) is 28.1 Å². The fourth-order valence-corrected chi connectivity index (χ4v) is 6.19. The van der Waals surface area contributed by atoms with Gasteiger partial charge in [0.1, 0.15) is 5.56 Å². The molecule has 0 spiro atoms. The van der Waals surface area contributed by atoms with Crippen LogP contribution in [-0.4, -0.2) is 35.6 Å². The quantitative estimate of drug-likeness (QED) is 0.117. The molecule has 0 saturated heterocycles. The van der Waals surface area contributed by atoms with Gasteiger partial charge in [-0.1, -0.05) is 6.07 Å². The lowest BCUT2D eigenvalue weighted by atomic mass is 10.1. The van der Waals surface area contributed by atoms with Gasteiger partial charge in [-0.2, -0.15) is 8.42 Å². The Hall–Kier alpha value is -1.12. The third-order valence-corrected chi connectivity index (χ3v) is 5.91. The van der Waals surface area contributed by atoms with Crippen molar-refractivity contribution in [2.75, 3.05) is 5.75 Å². The second kappa shape index (κ2) is 9.79. The largest absolute Gasteiger partial charge is 0.420 e. The summed E-state index contributed by atoms with van der Waals surface area (Å²) in [4.78, 5) is 34.7. The van der Waals surface area contributed by atoms with Gasteiger partial charge in [-0.05, 0) is 92.0 Å². The Balaban J connectivity index is 2.42. The molecule has 29 heavy (non-hydrogen) atoms. The summed E-state index contributed by atoms with van der Waals surface area (Å²) in [5.74, 6) is -4.38. The first-order valence-electron chi connectivity index (χ1n) is 7.19. The number of carbonyl (C=O) groups excluding carboxylic acids is 2. The van der Waals surface area contributed by atoms with Crippen molar-refractivity contribution in [3.05, 3.63) is 56.7 Å². The minimum Gasteiger partial charge on any atom is -0.420 e. The molecule has 0 aliphatic heterocycles. The summed E-state index contributed by atoms with van der Waals surface area (Å²) in [7, 11) is -4.70. The van der Waals surface area contributed by atoms with Crippen molar-refractivity contribution in [1.29, 1.82) is 0 Å². The van der Waals surface area contributed by atoms with E-state index in [1.165, 1.54) is 6.07 Å². The van der Waals surface area contributed by atoms with E-state index in [0.29, 0.717) is 7.14 Å². The Morgan fingerprint density at radius 3 is 2.21 bits per heavy atom. The highest BCUT2D eigenvalue weighted by Gasteiger charge is 2.30. The number of hydrogen-bond donors (Lipinski definition) is 1. The molecule has 0 radical (unpaired) electrons. The molecule has 0 unspecified atom stereocenters. The number of esters is 2. The molecule has 2 rings (SSSR count). The third-order valence-electron chi connectivity index (χ3n) is 3.08. The predicted molar refractivity (Wildman–Crippen MR) is 125 cm³/mol. The maximum absolute atomic E-state index is 12.6. The summed E-state index contributed by atoms with van der Waals surface area (Å²) < 4.78 is 42.3. The summed E-state index contributed by atoms with van der Waals surface area (Å²) in [6.45, 7) is 0. The van der Waals surface area contributed by atoms with Gasteiger partial charge in [0.05, 0.1) is 12.1 Å².